The van der Waals surface area contributed by atoms with Gasteiger partial charge in [0.05, 0.1) is 6.54 Å². The number of benzene rings is 1. The van der Waals surface area contributed by atoms with Crippen LogP contribution >= 0.6 is 27.7 Å². The zero-order valence-corrected chi connectivity index (χ0v) is 10.1. The van der Waals surface area contributed by atoms with Crippen LogP contribution in [-0.2, 0) is 5.75 Å². The first kappa shape index (κ1) is 10.1. The van der Waals surface area contributed by atoms with Gasteiger partial charge in [-0.25, -0.2) is 0 Å². The molecule has 0 atom stereocenters. The van der Waals surface area contributed by atoms with Gasteiger partial charge in [0.15, 0.2) is 5.17 Å². The third-order valence-electron chi connectivity index (χ3n) is 1.97. The summed E-state index contributed by atoms with van der Waals surface area (Å²) in [7, 11) is 0. The summed E-state index contributed by atoms with van der Waals surface area (Å²) in [5.41, 5.74) is 1.31. The third-order valence-corrected chi connectivity index (χ3v) is 3.74. The standard InChI is InChI=1S/C10H11BrN2S/c11-9-4-2-1-3-8(9)7-14-10-12-5-6-13-10/h1-4H,5-7H2,(H,12,13). The molecule has 2 rings (SSSR count). The Morgan fingerprint density at radius 1 is 1.43 bits per heavy atom. The number of rotatable bonds is 2. The summed E-state index contributed by atoms with van der Waals surface area (Å²) < 4.78 is 1.17. The number of hydrogen-bond acceptors (Lipinski definition) is 3. The van der Waals surface area contributed by atoms with E-state index < -0.39 is 0 Å². The molecule has 1 N–H and O–H groups in total. The lowest BCUT2D eigenvalue weighted by molar-refractivity contribution is 0.963. The summed E-state index contributed by atoms with van der Waals surface area (Å²) >= 11 is 5.29. The molecule has 1 aromatic carbocycles. The Morgan fingerprint density at radius 3 is 3.00 bits per heavy atom. The maximum absolute atomic E-state index is 4.33. The molecule has 0 saturated heterocycles. The van der Waals surface area contributed by atoms with Crippen molar-refractivity contribution in [2.45, 2.75) is 5.75 Å². The van der Waals surface area contributed by atoms with Crippen molar-refractivity contribution in [2.75, 3.05) is 13.1 Å². The number of nitrogens with one attached hydrogen (secondary N) is 1. The Kier molecular flexibility index (Phi) is 3.48. The largest absolute Gasteiger partial charge is 0.363 e. The Labute approximate surface area is 96.3 Å². The van der Waals surface area contributed by atoms with Crippen molar-refractivity contribution >= 4 is 32.9 Å². The average Bonchev–Trinajstić information content (AvgIpc) is 2.69. The molecule has 14 heavy (non-hydrogen) atoms. The molecule has 0 saturated carbocycles. The summed E-state index contributed by atoms with van der Waals surface area (Å²) in [4.78, 5) is 4.33. The number of hydrogen-bond donors (Lipinski definition) is 1. The van der Waals surface area contributed by atoms with E-state index in [1.54, 1.807) is 11.8 Å². The molecule has 1 heterocycles. The lowest BCUT2D eigenvalue weighted by Crippen LogP contribution is -2.15. The quantitative estimate of drug-likeness (QED) is 0.894. The Balaban J connectivity index is 1.94. The van der Waals surface area contributed by atoms with Gasteiger partial charge in [-0.2, -0.15) is 0 Å². The molecule has 0 bridgehead atoms. The van der Waals surface area contributed by atoms with Gasteiger partial charge in [0.2, 0.25) is 0 Å². The maximum atomic E-state index is 4.33. The minimum Gasteiger partial charge on any atom is -0.363 e. The summed E-state index contributed by atoms with van der Waals surface area (Å²) in [5, 5.41) is 4.31. The molecule has 1 aromatic rings. The monoisotopic (exact) mass is 270 g/mol. The van der Waals surface area contributed by atoms with Crippen molar-refractivity contribution in [1.82, 2.24) is 5.32 Å². The highest BCUT2D eigenvalue weighted by molar-refractivity contribution is 9.10. The molecule has 0 fully saturated rings. The lowest BCUT2D eigenvalue weighted by Gasteiger charge is -2.03. The van der Waals surface area contributed by atoms with Gasteiger partial charge < -0.3 is 5.32 Å². The van der Waals surface area contributed by atoms with Gasteiger partial charge in [-0.05, 0) is 11.6 Å². The fourth-order valence-electron chi connectivity index (χ4n) is 1.23. The summed E-state index contributed by atoms with van der Waals surface area (Å²) in [6.45, 7) is 1.90. The Morgan fingerprint density at radius 2 is 2.29 bits per heavy atom. The van der Waals surface area contributed by atoms with Crippen molar-refractivity contribution < 1.29 is 0 Å². The first-order chi connectivity index (χ1) is 6.86. The highest BCUT2D eigenvalue weighted by Crippen LogP contribution is 2.21. The maximum Gasteiger partial charge on any atom is 0.157 e. The van der Waals surface area contributed by atoms with Crippen LogP contribution in [0.3, 0.4) is 0 Å². The van der Waals surface area contributed by atoms with Crippen molar-refractivity contribution in [3.05, 3.63) is 34.3 Å². The van der Waals surface area contributed by atoms with Gasteiger partial charge in [-0.3, -0.25) is 4.99 Å². The Bertz CT molecular complexity index is 352. The van der Waals surface area contributed by atoms with Crippen LogP contribution in [0.25, 0.3) is 0 Å². The molecule has 0 spiro atoms. The van der Waals surface area contributed by atoms with Crippen LogP contribution in [0.1, 0.15) is 5.56 Å². The molecule has 1 aliphatic rings. The third kappa shape index (κ3) is 2.51. The predicted octanol–water partition coefficient (Wildman–Crippen LogP) is 2.64. The first-order valence-corrected chi connectivity index (χ1v) is 6.28. The molecule has 0 aromatic heterocycles. The fraction of sp³-hybridized carbons (Fsp3) is 0.300. The van der Waals surface area contributed by atoms with E-state index in [0.29, 0.717) is 0 Å². The minimum atomic E-state index is 0.915. The molecule has 0 radical (unpaired) electrons. The van der Waals surface area contributed by atoms with Crippen molar-refractivity contribution in [1.29, 1.82) is 0 Å². The summed E-state index contributed by atoms with van der Waals surface area (Å²) in [6.07, 6.45) is 0. The predicted molar refractivity (Wildman–Crippen MR) is 65.7 cm³/mol. The molecule has 0 aliphatic carbocycles. The highest BCUT2D eigenvalue weighted by atomic mass is 79.9. The number of halogens is 1. The average molecular weight is 271 g/mol. The normalized spacial score (nSPS) is 15.1. The van der Waals surface area contributed by atoms with Gasteiger partial charge in [0.1, 0.15) is 0 Å². The molecule has 74 valence electrons. The molecule has 4 heteroatoms. The van der Waals surface area contributed by atoms with Crippen LogP contribution < -0.4 is 5.32 Å². The molecule has 0 amide bonds. The van der Waals surface area contributed by atoms with Crippen LogP contribution in [0.4, 0.5) is 0 Å². The SMILES string of the molecule is Brc1ccccc1CSC1=NCCN1. The van der Waals surface area contributed by atoms with Gasteiger partial charge >= 0.3 is 0 Å². The molecule has 0 unspecified atom stereocenters. The topological polar surface area (TPSA) is 24.4 Å². The number of aliphatic imine (C=N–C) groups is 1. The van der Waals surface area contributed by atoms with Crippen molar-refractivity contribution in [2.24, 2.45) is 4.99 Å². The second kappa shape index (κ2) is 4.84. The number of thioether (sulfide) groups is 1. The van der Waals surface area contributed by atoms with Crippen molar-refractivity contribution in [3.8, 4) is 0 Å². The fourth-order valence-corrected chi connectivity index (χ4v) is 2.78. The van der Waals surface area contributed by atoms with E-state index in [1.807, 2.05) is 6.07 Å². The minimum absolute atomic E-state index is 0.915. The second-order valence-corrected chi connectivity index (χ2v) is 4.81. The van der Waals surface area contributed by atoms with E-state index in [2.05, 4.69) is 44.4 Å². The zero-order chi connectivity index (χ0) is 9.80. The van der Waals surface area contributed by atoms with E-state index in [9.17, 15) is 0 Å². The van der Waals surface area contributed by atoms with E-state index in [4.69, 9.17) is 0 Å². The second-order valence-electron chi connectivity index (χ2n) is 2.99. The van der Waals surface area contributed by atoms with Crippen LogP contribution in [-0.4, -0.2) is 18.3 Å². The lowest BCUT2D eigenvalue weighted by atomic mass is 10.2. The summed E-state index contributed by atoms with van der Waals surface area (Å²) in [6, 6.07) is 8.29. The van der Waals surface area contributed by atoms with Gasteiger partial charge in [-0.1, -0.05) is 45.9 Å². The van der Waals surface area contributed by atoms with E-state index >= 15 is 0 Å². The Hall–Kier alpha value is -0.480. The highest BCUT2D eigenvalue weighted by Gasteiger charge is 2.06. The van der Waals surface area contributed by atoms with Gasteiger partial charge in [0, 0.05) is 16.8 Å². The molecular formula is C10H11BrN2S. The summed E-state index contributed by atoms with van der Waals surface area (Å²) in [5.74, 6) is 0.966. The smallest absolute Gasteiger partial charge is 0.157 e. The molecule has 1 aliphatic heterocycles. The van der Waals surface area contributed by atoms with E-state index in [1.165, 1.54) is 10.0 Å². The van der Waals surface area contributed by atoms with Gasteiger partial charge in [-0.15, -0.1) is 0 Å². The molecular weight excluding hydrogens is 260 g/mol. The first-order valence-electron chi connectivity index (χ1n) is 4.51. The number of nitrogens with zero attached hydrogens (tertiary/aromatic N) is 1. The van der Waals surface area contributed by atoms with E-state index in [0.717, 1.165) is 24.0 Å². The van der Waals surface area contributed by atoms with Crippen molar-refractivity contribution in [3.63, 3.8) is 0 Å². The molecule has 2 nitrogen and oxygen atoms in total. The zero-order valence-electron chi connectivity index (χ0n) is 7.66. The van der Waals surface area contributed by atoms with Crippen LogP contribution in [0.5, 0.6) is 0 Å². The van der Waals surface area contributed by atoms with E-state index in [-0.39, 0.29) is 0 Å². The van der Waals surface area contributed by atoms with Crippen LogP contribution in [0, 0.1) is 0 Å². The van der Waals surface area contributed by atoms with Gasteiger partial charge in [0.25, 0.3) is 0 Å². The number of amidine groups is 1. The van der Waals surface area contributed by atoms with Crippen LogP contribution in [0.2, 0.25) is 0 Å². The van der Waals surface area contributed by atoms with Crippen LogP contribution in [0.15, 0.2) is 33.7 Å².